The van der Waals surface area contributed by atoms with Crippen molar-refractivity contribution in [1.29, 1.82) is 0 Å². The molecule has 2 fully saturated rings. The molecule has 0 aromatic heterocycles. The van der Waals surface area contributed by atoms with Crippen molar-refractivity contribution in [2.24, 2.45) is 5.92 Å². The molecule has 1 aromatic carbocycles. The van der Waals surface area contributed by atoms with Crippen LogP contribution in [0.2, 0.25) is 0 Å². The highest BCUT2D eigenvalue weighted by Gasteiger charge is 2.26. The number of carbonyl (C=O) groups excluding carboxylic acids is 2. The summed E-state index contributed by atoms with van der Waals surface area (Å²) in [5.41, 5.74) is 1.86. The average molecular weight is 329 g/mol. The molecule has 2 aliphatic heterocycles. The minimum Gasteiger partial charge on any atom is -0.372 e. The van der Waals surface area contributed by atoms with Crippen LogP contribution in [0.5, 0.6) is 0 Å². The number of likely N-dealkylation sites (tertiary alicyclic amines) is 1. The summed E-state index contributed by atoms with van der Waals surface area (Å²) in [6.45, 7) is 5.68. The molecule has 2 saturated heterocycles. The van der Waals surface area contributed by atoms with Gasteiger partial charge in [0.2, 0.25) is 0 Å². The van der Waals surface area contributed by atoms with Gasteiger partial charge in [0.05, 0.1) is 0 Å². The van der Waals surface area contributed by atoms with E-state index < -0.39 is 11.8 Å². The van der Waals surface area contributed by atoms with E-state index in [1.54, 1.807) is 4.90 Å². The lowest BCUT2D eigenvalue weighted by atomic mass is 10.0. The summed E-state index contributed by atoms with van der Waals surface area (Å²) in [6, 6.07) is 7.81. The topological polar surface area (TPSA) is 52.7 Å². The Bertz CT molecular complexity index is 579. The standard InChI is InChI=1S/C19H27N3O2/c1-15-6-5-13-22(14-15)19(24)18(23)20-16-7-9-17(10-8-16)21-11-3-2-4-12-21/h7-10,15H,2-6,11-14H2,1H3,(H,20,23). The Morgan fingerprint density at radius 2 is 1.71 bits per heavy atom. The van der Waals surface area contributed by atoms with Gasteiger partial charge in [-0.05, 0) is 62.3 Å². The van der Waals surface area contributed by atoms with Crippen molar-refractivity contribution in [2.45, 2.75) is 39.0 Å². The number of nitrogens with zero attached hydrogens (tertiary/aromatic N) is 2. The molecule has 1 atom stereocenters. The van der Waals surface area contributed by atoms with Crippen molar-refractivity contribution in [3.05, 3.63) is 24.3 Å². The Kier molecular flexibility index (Phi) is 5.38. The highest BCUT2D eigenvalue weighted by Crippen LogP contribution is 2.22. The number of hydrogen-bond acceptors (Lipinski definition) is 3. The number of anilines is 2. The predicted octanol–water partition coefficient (Wildman–Crippen LogP) is 2.87. The van der Waals surface area contributed by atoms with Gasteiger partial charge in [-0.25, -0.2) is 0 Å². The van der Waals surface area contributed by atoms with Crippen molar-refractivity contribution in [3.63, 3.8) is 0 Å². The molecule has 0 aliphatic carbocycles. The Labute approximate surface area is 144 Å². The lowest BCUT2D eigenvalue weighted by molar-refractivity contribution is -0.144. The molecule has 2 aliphatic rings. The summed E-state index contributed by atoms with van der Waals surface area (Å²) >= 11 is 0. The van der Waals surface area contributed by atoms with Gasteiger partial charge >= 0.3 is 11.8 Å². The fourth-order valence-corrected chi connectivity index (χ4v) is 3.61. The quantitative estimate of drug-likeness (QED) is 0.849. The molecule has 1 aromatic rings. The van der Waals surface area contributed by atoms with Gasteiger partial charge in [-0.1, -0.05) is 6.92 Å². The molecule has 0 radical (unpaired) electrons. The zero-order chi connectivity index (χ0) is 16.9. The molecule has 5 nitrogen and oxygen atoms in total. The minimum absolute atomic E-state index is 0.415. The highest BCUT2D eigenvalue weighted by atomic mass is 16.2. The number of piperidine rings is 2. The summed E-state index contributed by atoms with van der Waals surface area (Å²) in [5.74, 6) is -0.476. The fourth-order valence-electron chi connectivity index (χ4n) is 3.61. The van der Waals surface area contributed by atoms with E-state index >= 15 is 0 Å². The van der Waals surface area contributed by atoms with Crippen molar-refractivity contribution in [2.75, 3.05) is 36.4 Å². The zero-order valence-electron chi connectivity index (χ0n) is 14.5. The molecule has 24 heavy (non-hydrogen) atoms. The zero-order valence-corrected chi connectivity index (χ0v) is 14.5. The van der Waals surface area contributed by atoms with Crippen LogP contribution in [0, 0.1) is 5.92 Å². The lowest BCUT2D eigenvalue weighted by Gasteiger charge is -2.30. The molecule has 2 heterocycles. The smallest absolute Gasteiger partial charge is 0.313 e. The summed E-state index contributed by atoms with van der Waals surface area (Å²) in [6.07, 6.45) is 5.89. The van der Waals surface area contributed by atoms with Crippen molar-refractivity contribution in [3.8, 4) is 0 Å². The second-order valence-corrected chi connectivity index (χ2v) is 7.05. The van der Waals surface area contributed by atoms with Crippen LogP contribution in [0.4, 0.5) is 11.4 Å². The normalized spacial score (nSPS) is 21.5. The largest absolute Gasteiger partial charge is 0.372 e. The third kappa shape index (κ3) is 4.08. The Morgan fingerprint density at radius 3 is 2.38 bits per heavy atom. The first-order chi connectivity index (χ1) is 11.6. The first kappa shape index (κ1) is 16.8. The molecule has 3 rings (SSSR count). The molecular formula is C19H27N3O2. The number of hydrogen-bond donors (Lipinski definition) is 1. The van der Waals surface area contributed by atoms with E-state index in [4.69, 9.17) is 0 Å². The molecule has 0 saturated carbocycles. The Hall–Kier alpha value is -2.04. The third-order valence-corrected chi connectivity index (χ3v) is 4.98. The van der Waals surface area contributed by atoms with E-state index in [-0.39, 0.29) is 0 Å². The van der Waals surface area contributed by atoms with E-state index in [0.717, 1.165) is 25.9 Å². The molecule has 0 bridgehead atoms. The first-order valence-electron chi connectivity index (χ1n) is 9.09. The van der Waals surface area contributed by atoms with Crippen LogP contribution in [0.1, 0.15) is 39.0 Å². The number of benzene rings is 1. The van der Waals surface area contributed by atoms with E-state index in [9.17, 15) is 9.59 Å². The number of rotatable bonds is 2. The fraction of sp³-hybridized carbons (Fsp3) is 0.579. The maximum atomic E-state index is 12.3. The van der Waals surface area contributed by atoms with E-state index in [0.29, 0.717) is 24.7 Å². The van der Waals surface area contributed by atoms with Crippen LogP contribution in [-0.2, 0) is 9.59 Å². The highest BCUT2D eigenvalue weighted by molar-refractivity contribution is 6.39. The Morgan fingerprint density at radius 1 is 1.00 bits per heavy atom. The first-order valence-corrected chi connectivity index (χ1v) is 9.09. The predicted molar refractivity (Wildman–Crippen MR) is 96.1 cm³/mol. The summed E-state index contributed by atoms with van der Waals surface area (Å²) in [7, 11) is 0. The van der Waals surface area contributed by atoms with Gasteiger partial charge in [-0.15, -0.1) is 0 Å². The summed E-state index contributed by atoms with van der Waals surface area (Å²) < 4.78 is 0. The monoisotopic (exact) mass is 329 g/mol. The molecular weight excluding hydrogens is 302 g/mol. The minimum atomic E-state index is -0.533. The van der Waals surface area contributed by atoms with Gasteiger partial charge in [-0.2, -0.15) is 0 Å². The maximum Gasteiger partial charge on any atom is 0.313 e. The van der Waals surface area contributed by atoms with Gasteiger partial charge in [0.1, 0.15) is 0 Å². The maximum absolute atomic E-state index is 12.3. The van der Waals surface area contributed by atoms with Crippen LogP contribution < -0.4 is 10.2 Å². The van der Waals surface area contributed by atoms with Crippen LogP contribution in [0.15, 0.2) is 24.3 Å². The molecule has 1 N–H and O–H groups in total. The Balaban J connectivity index is 1.56. The van der Waals surface area contributed by atoms with E-state index in [1.165, 1.54) is 24.9 Å². The van der Waals surface area contributed by atoms with Gasteiger partial charge in [0.25, 0.3) is 0 Å². The number of amides is 2. The van der Waals surface area contributed by atoms with E-state index in [2.05, 4.69) is 17.1 Å². The SMILES string of the molecule is CC1CCCN(C(=O)C(=O)Nc2ccc(N3CCCCC3)cc2)C1. The molecule has 0 spiro atoms. The van der Waals surface area contributed by atoms with Gasteiger partial charge in [-0.3, -0.25) is 9.59 Å². The van der Waals surface area contributed by atoms with Gasteiger partial charge in [0, 0.05) is 37.6 Å². The lowest BCUT2D eigenvalue weighted by Crippen LogP contribution is -2.44. The number of carbonyl (C=O) groups is 2. The molecule has 1 unspecified atom stereocenters. The number of nitrogens with one attached hydrogen (secondary N) is 1. The summed E-state index contributed by atoms with van der Waals surface area (Å²) in [5, 5.41) is 2.74. The third-order valence-electron chi connectivity index (χ3n) is 4.98. The van der Waals surface area contributed by atoms with Crippen LogP contribution in [0.3, 0.4) is 0 Å². The van der Waals surface area contributed by atoms with Crippen molar-refractivity contribution < 1.29 is 9.59 Å². The van der Waals surface area contributed by atoms with Crippen LogP contribution in [0.25, 0.3) is 0 Å². The average Bonchev–Trinajstić information content (AvgIpc) is 2.62. The van der Waals surface area contributed by atoms with Crippen LogP contribution >= 0.6 is 0 Å². The van der Waals surface area contributed by atoms with E-state index in [1.807, 2.05) is 24.3 Å². The second-order valence-electron chi connectivity index (χ2n) is 7.05. The van der Waals surface area contributed by atoms with Crippen molar-refractivity contribution in [1.82, 2.24) is 4.90 Å². The van der Waals surface area contributed by atoms with Gasteiger partial charge < -0.3 is 15.1 Å². The summed E-state index contributed by atoms with van der Waals surface area (Å²) in [4.78, 5) is 28.5. The van der Waals surface area contributed by atoms with Crippen LogP contribution in [-0.4, -0.2) is 42.9 Å². The second kappa shape index (κ2) is 7.69. The molecule has 2 amide bonds. The van der Waals surface area contributed by atoms with Gasteiger partial charge in [0.15, 0.2) is 0 Å². The molecule has 130 valence electrons. The molecule has 5 heteroatoms. The van der Waals surface area contributed by atoms with Crippen molar-refractivity contribution >= 4 is 23.2 Å².